The van der Waals surface area contributed by atoms with E-state index >= 15 is 0 Å². The highest BCUT2D eigenvalue weighted by molar-refractivity contribution is 7.88. The quantitative estimate of drug-likeness (QED) is 0.855. The summed E-state index contributed by atoms with van der Waals surface area (Å²) in [6.45, 7) is 6.62. The maximum absolute atomic E-state index is 13.2. The van der Waals surface area contributed by atoms with Gasteiger partial charge in [0.25, 0.3) is 5.91 Å². The summed E-state index contributed by atoms with van der Waals surface area (Å²) in [5, 5.41) is 0.951. The smallest absolute Gasteiger partial charge is 0.264 e. The van der Waals surface area contributed by atoms with Crippen LogP contribution in [-0.4, -0.2) is 54.6 Å². The Morgan fingerprint density at radius 2 is 2.00 bits per heavy atom. The minimum atomic E-state index is -3.28. The van der Waals surface area contributed by atoms with Crippen LogP contribution >= 0.6 is 11.3 Å². The lowest BCUT2D eigenvalue weighted by Crippen LogP contribution is -2.49. The molecule has 0 saturated carbocycles. The number of aromatic nitrogens is 2. The van der Waals surface area contributed by atoms with Gasteiger partial charge >= 0.3 is 0 Å². The van der Waals surface area contributed by atoms with Gasteiger partial charge in [0.15, 0.2) is 0 Å². The first kappa shape index (κ1) is 19.2. The van der Waals surface area contributed by atoms with E-state index in [1.807, 2.05) is 25.7 Å². The van der Waals surface area contributed by atoms with Crippen LogP contribution in [0.15, 0.2) is 0 Å². The molecule has 0 aromatic carbocycles. The van der Waals surface area contributed by atoms with Crippen molar-refractivity contribution >= 4 is 37.5 Å². The van der Waals surface area contributed by atoms with Gasteiger partial charge in [-0.2, -0.15) is 0 Å². The van der Waals surface area contributed by atoms with Crippen LogP contribution in [0.3, 0.4) is 0 Å². The molecular formula is C17H24N4O3S2. The lowest BCUT2D eigenvalue weighted by Gasteiger charge is -2.35. The maximum Gasteiger partial charge on any atom is 0.264 e. The number of amides is 1. The number of hydrogen-bond donors (Lipinski definition) is 1. The van der Waals surface area contributed by atoms with Crippen LogP contribution in [0.2, 0.25) is 0 Å². The van der Waals surface area contributed by atoms with Gasteiger partial charge in [0.2, 0.25) is 10.0 Å². The number of rotatable bonds is 4. The number of nitrogens with zero attached hydrogens (tertiary/aromatic N) is 3. The first-order valence-electron chi connectivity index (χ1n) is 8.67. The van der Waals surface area contributed by atoms with Crippen LogP contribution in [-0.2, 0) is 10.0 Å². The molecule has 1 aliphatic heterocycles. The van der Waals surface area contributed by atoms with Crippen molar-refractivity contribution in [3.8, 4) is 0 Å². The summed E-state index contributed by atoms with van der Waals surface area (Å²) in [6, 6.07) is -0.121. The minimum absolute atomic E-state index is 0.0393. The van der Waals surface area contributed by atoms with Gasteiger partial charge in [0.05, 0.1) is 11.1 Å². The fourth-order valence-corrected chi connectivity index (χ4v) is 5.26. The van der Waals surface area contributed by atoms with E-state index in [1.54, 1.807) is 0 Å². The molecule has 9 heteroatoms. The van der Waals surface area contributed by atoms with Crippen LogP contribution in [0.5, 0.6) is 0 Å². The van der Waals surface area contributed by atoms with Crippen molar-refractivity contribution in [3.63, 3.8) is 0 Å². The first-order valence-corrected chi connectivity index (χ1v) is 11.4. The Hall–Kier alpha value is -1.58. The van der Waals surface area contributed by atoms with Gasteiger partial charge < -0.3 is 4.90 Å². The summed E-state index contributed by atoms with van der Waals surface area (Å²) in [5.74, 6) is 0.658. The Balaban J connectivity index is 1.93. The van der Waals surface area contributed by atoms with Gasteiger partial charge in [-0.25, -0.2) is 23.1 Å². The zero-order chi connectivity index (χ0) is 19.1. The molecule has 3 rings (SSSR count). The molecule has 0 radical (unpaired) electrons. The molecule has 1 unspecified atom stereocenters. The molecule has 1 fully saturated rings. The van der Waals surface area contributed by atoms with Gasteiger partial charge in [-0.1, -0.05) is 0 Å². The Morgan fingerprint density at radius 1 is 1.27 bits per heavy atom. The highest BCUT2D eigenvalue weighted by Gasteiger charge is 2.30. The number of hydrogen-bond acceptors (Lipinski definition) is 6. The lowest BCUT2D eigenvalue weighted by molar-refractivity contribution is 0.0623. The lowest BCUT2D eigenvalue weighted by atomic mass is 10.0. The van der Waals surface area contributed by atoms with E-state index in [2.05, 4.69) is 14.7 Å². The largest absolute Gasteiger partial charge is 0.334 e. The fraction of sp³-hybridized carbons (Fsp3) is 0.588. The predicted molar refractivity (Wildman–Crippen MR) is 103 cm³/mol. The van der Waals surface area contributed by atoms with Crippen LogP contribution in [0, 0.1) is 20.8 Å². The Bertz CT molecular complexity index is 953. The molecule has 7 nitrogen and oxygen atoms in total. The van der Waals surface area contributed by atoms with Crippen LogP contribution in [0.1, 0.15) is 46.0 Å². The molecule has 0 aliphatic carbocycles. The number of nitrogens with one attached hydrogen (secondary N) is 1. The third kappa shape index (κ3) is 3.89. The van der Waals surface area contributed by atoms with Gasteiger partial charge in [0.1, 0.15) is 10.7 Å². The molecule has 1 amide bonds. The van der Waals surface area contributed by atoms with E-state index in [0.717, 1.165) is 47.0 Å². The fourth-order valence-electron chi connectivity index (χ4n) is 3.54. The van der Waals surface area contributed by atoms with Crippen LogP contribution in [0.4, 0.5) is 0 Å². The number of carbonyl (C=O) groups is 1. The summed E-state index contributed by atoms with van der Waals surface area (Å²) in [6.07, 6.45) is 3.87. The van der Waals surface area contributed by atoms with Crippen molar-refractivity contribution in [1.82, 2.24) is 19.6 Å². The predicted octanol–water partition coefficient (Wildman–Crippen LogP) is 2.16. The molecule has 1 atom stereocenters. The van der Waals surface area contributed by atoms with Crippen molar-refractivity contribution in [3.05, 3.63) is 22.0 Å². The van der Waals surface area contributed by atoms with Crippen molar-refractivity contribution in [2.24, 2.45) is 0 Å². The average molecular weight is 397 g/mol. The van der Waals surface area contributed by atoms with E-state index in [-0.39, 0.29) is 18.5 Å². The highest BCUT2D eigenvalue weighted by Crippen LogP contribution is 2.33. The SMILES string of the molecule is Cc1nc(C)c2c(C)c(C(=O)N3CCCCC3CNS(C)(=O)=O)sc2n1. The number of carbonyl (C=O) groups excluding carboxylic acids is 1. The van der Waals surface area contributed by atoms with E-state index in [0.29, 0.717) is 17.2 Å². The standard InChI is InChI=1S/C17H24N4O3S2/c1-10-14-11(2)19-12(3)20-16(14)25-15(10)17(22)21-8-6-5-7-13(21)9-18-26(4,23)24/h13,18H,5-9H2,1-4H3. The van der Waals surface area contributed by atoms with Gasteiger partial charge in [-0.05, 0) is 45.6 Å². The third-order valence-corrected chi connectivity index (χ3v) is 6.61. The summed E-state index contributed by atoms with van der Waals surface area (Å²) >= 11 is 1.40. The van der Waals surface area contributed by atoms with E-state index in [9.17, 15) is 13.2 Å². The maximum atomic E-state index is 13.2. The van der Waals surface area contributed by atoms with E-state index in [4.69, 9.17) is 0 Å². The first-order chi connectivity index (χ1) is 12.2. The molecule has 26 heavy (non-hydrogen) atoms. The molecule has 1 N–H and O–H groups in total. The number of thiophene rings is 1. The third-order valence-electron chi connectivity index (χ3n) is 4.75. The van der Waals surface area contributed by atoms with Crippen molar-refractivity contribution in [2.45, 2.75) is 46.1 Å². The van der Waals surface area contributed by atoms with Gasteiger partial charge in [0, 0.05) is 30.2 Å². The zero-order valence-corrected chi connectivity index (χ0v) is 17.1. The van der Waals surface area contributed by atoms with Gasteiger partial charge in [-0.3, -0.25) is 4.79 Å². The monoisotopic (exact) mass is 396 g/mol. The van der Waals surface area contributed by atoms with Crippen LogP contribution in [0.25, 0.3) is 10.2 Å². The Labute approximate surface area is 157 Å². The number of fused-ring (bicyclic) bond motifs is 1. The van der Waals surface area contributed by atoms with Crippen LogP contribution < -0.4 is 4.72 Å². The molecule has 1 saturated heterocycles. The molecule has 0 spiro atoms. The zero-order valence-electron chi connectivity index (χ0n) is 15.5. The molecular weight excluding hydrogens is 372 g/mol. The summed E-state index contributed by atoms with van der Waals surface area (Å²) in [7, 11) is -3.28. The van der Waals surface area contributed by atoms with Crippen molar-refractivity contribution in [2.75, 3.05) is 19.3 Å². The normalized spacial score (nSPS) is 18.5. The Morgan fingerprint density at radius 3 is 2.69 bits per heavy atom. The second kappa shape index (κ2) is 7.21. The summed E-state index contributed by atoms with van der Waals surface area (Å²) in [4.78, 5) is 25.4. The molecule has 142 valence electrons. The molecule has 1 aliphatic rings. The number of sulfonamides is 1. The number of likely N-dealkylation sites (tertiary alicyclic amines) is 1. The Kier molecular flexibility index (Phi) is 5.32. The van der Waals surface area contributed by atoms with Crippen molar-refractivity contribution in [1.29, 1.82) is 0 Å². The molecule has 2 aromatic rings. The van der Waals surface area contributed by atoms with Gasteiger partial charge in [-0.15, -0.1) is 11.3 Å². The number of aryl methyl sites for hydroxylation is 3. The molecule has 0 bridgehead atoms. The van der Waals surface area contributed by atoms with Crippen molar-refractivity contribution < 1.29 is 13.2 Å². The second-order valence-corrected chi connectivity index (χ2v) is 9.69. The summed E-state index contributed by atoms with van der Waals surface area (Å²) < 4.78 is 25.4. The highest BCUT2D eigenvalue weighted by atomic mass is 32.2. The minimum Gasteiger partial charge on any atom is -0.334 e. The van der Waals surface area contributed by atoms with E-state index in [1.165, 1.54) is 11.3 Å². The summed E-state index contributed by atoms with van der Waals surface area (Å²) in [5.41, 5.74) is 1.79. The topological polar surface area (TPSA) is 92.3 Å². The molecule has 3 heterocycles. The molecule has 2 aromatic heterocycles. The number of piperidine rings is 1. The second-order valence-electron chi connectivity index (χ2n) is 6.86. The average Bonchev–Trinajstić information content (AvgIpc) is 2.88. The van der Waals surface area contributed by atoms with E-state index < -0.39 is 10.0 Å².